The van der Waals surface area contributed by atoms with Crippen LogP contribution in [0.25, 0.3) is 0 Å². The molecule has 2 aromatic rings. The number of carbonyl (C=O) groups excluding carboxylic acids is 1. The fraction of sp³-hybridized carbons (Fsp3) is 0.500. The molecule has 0 radical (unpaired) electrons. The molecular weight excluding hydrogens is 500 g/mol. The quantitative estimate of drug-likeness (QED) is 0.475. The topological polar surface area (TPSA) is 85.4 Å². The summed E-state index contributed by atoms with van der Waals surface area (Å²) in [5.41, 5.74) is 1.35. The van der Waals surface area contributed by atoms with Crippen LogP contribution in [0.2, 0.25) is 0 Å². The zero-order chi connectivity index (χ0) is 25.7. The first-order valence-electron chi connectivity index (χ1n) is 12.2. The summed E-state index contributed by atoms with van der Waals surface area (Å²) >= 11 is 1.49. The van der Waals surface area contributed by atoms with Gasteiger partial charge >= 0.3 is 0 Å². The van der Waals surface area contributed by atoms with Gasteiger partial charge in [0, 0.05) is 42.4 Å². The number of piperidine rings is 1. The normalized spacial score (nSPS) is 17.7. The molecule has 2 aliphatic heterocycles. The van der Waals surface area contributed by atoms with Crippen molar-refractivity contribution in [2.75, 3.05) is 53.6 Å². The number of likely N-dealkylation sites (tertiary alicyclic amines) is 1. The van der Waals surface area contributed by atoms with Gasteiger partial charge in [0.2, 0.25) is 10.0 Å². The molecule has 2 fully saturated rings. The minimum Gasteiger partial charge on any atom is -0.493 e. The van der Waals surface area contributed by atoms with Crippen LogP contribution in [0.15, 0.2) is 46.2 Å². The standard InChI is InChI=1S/C26H34N2O6S2/c1-19-9-11-27(12-10-19)26(29)22-17-21(36(30,31)28-13-15-34-16-14-28)7-8-24(22)35-18-20-5-4-6-23(32-2)25(20)33-3/h4-8,17,19H,9-16,18H2,1-3H3. The van der Waals surface area contributed by atoms with E-state index in [0.717, 1.165) is 23.3 Å². The fourth-order valence-electron chi connectivity index (χ4n) is 4.50. The second kappa shape index (κ2) is 11.9. The number of hydrogen-bond acceptors (Lipinski definition) is 7. The molecule has 2 heterocycles. The summed E-state index contributed by atoms with van der Waals surface area (Å²) in [5, 5.41) is 0. The van der Waals surface area contributed by atoms with Crippen molar-refractivity contribution in [1.82, 2.24) is 9.21 Å². The first-order chi connectivity index (χ1) is 17.3. The second-order valence-corrected chi connectivity index (χ2v) is 12.0. The van der Waals surface area contributed by atoms with Gasteiger partial charge in [-0.15, -0.1) is 11.8 Å². The van der Waals surface area contributed by atoms with E-state index < -0.39 is 10.0 Å². The number of methoxy groups -OCH3 is 2. The molecule has 8 nitrogen and oxygen atoms in total. The molecular formula is C26H34N2O6S2. The number of nitrogens with zero attached hydrogens (tertiary/aromatic N) is 2. The Morgan fingerprint density at radius 1 is 1.06 bits per heavy atom. The molecule has 0 N–H and O–H groups in total. The van der Waals surface area contributed by atoms with Crippen LogP contribution in [0.5, 0.6) is 11.5 Å². The summed E-state index contributed by atoms with van der Waals surface area (Å²) in [6.07, 6.45) is 1.89. The number of morpholine rings is 1. The maximum Gasteiger partial charge on any atom is 0.255 e. The lowest BCUT2D eigenvalue weighted by molar-refractivity contribution is 0.0693. The number of hydrogen-bond donors (Lipinski definition) is 0. The first-order valence-corrected chi connectivity index (χ1v) is 14.6. The average Bonchev–Trinajstić information content (AvgIpc) is 2.92. The number of rotatable bonds is 8. The van der Waals surface area contributed by atoms with E-state index in [-0.39, 0.29) is 10.8 Å². The summed E-state index contributed by atoms with van der Waals surface area (Å²) in [4.78, 5) is 16.4. The number of carbonyl (C=O) groups is 1. The molecule has 4 rings (SSSR count). The van der Waals surface area contributed by atoms with Gasteiger partial charge in [0.15, 0.2) is 11.5 Å². The van der Waals surface area contributed by atoms with Crippen molar-refractivity contribution in [2.24, 2.45) is 5.92 Å². The van der Waals surface area contributed by atoms with Crippen LogP contribution in [0.1, 0.15) is 35.7 Å². The Labute approximate surface area is 217 Å². The molecule has 0 spiro atoms. The summed E-state index contributed by atoms with van der Waals surface area (Å²) in [5.74, 6) is 2.28. The van der Waals surface area contributed by atoms with Crippen LogP contribution < -0.4 is 9.47 Å². The molecule has 196 valence electrons. The highest BCUT2D eigenvalue weighted by atomic mass is 32.2. The third-order valence-electron chi connectivity index (χ3n) is 6.73. The van der Waals surface area contributed by atoms with Gasteiger partial charge in [-0.3, -0.25) is 4.79 Å². The van der Waals surface area contributed by atoms with Crippen molar-refractivity contribution < 1.29 is 27.4 Å². The van der Waals surface area contributed by atoms with Crippen LogP contribution >= 0.6 is 11.8 Å². The highest BCUT2D eigenvalue weighted by Crippen LogP contribution is 2.37. The number of amides is 1. The van der Waals surface area contributed by atoms with Gasteiger partial charge in [-0.2, -0.15) is 4.31 Å². The average molecular weight is 535 g/mol. The number of ether oxygens (including phenoxy) is 3. The second-order valence-electron chi connectivity index (χ2n) is 9.09. The van der Waals surface area contributed by atoms with Gasteiger partial charge in [0.05, 0.1) is 37.9 Å². The minimum atomic E-state index is -3.72. The first kappa shape index (κ1) is 26.8. The van der Waals surface area contributed by atoms with E-state index in [1.807, 2.05) is 23.1 Å². The molecule has 0 unspecified atom stereocenters. The van der Waals surface area contributed by atoms with Crippen LogP contribution in [-0.2, 0) is 20.5 Å². The summed E-state index contributed by atoms with van der Waals surface area (Å²) < 4.78 is 44.4. The molecule has 0 aromatic heterocycles. The van der Waals surface area contributed by atoms with E-state index in [9.17, 15) is 13.2 Å². The van der Waals surface area contributed by atoms with Crippen molar-refractivity contribution >= 4 is 27.7 Å². The van der Waals surface area contributed by atoms with E-state index in [2.05, 4.69) is 6.92 Å². The fourth-order valence-corrected chi connectivity index (χ4v) is 6.94. The lowest BCUT2D eigenvalue weighted by atomic mass is 9.98. The number of benzene rings is 2. The summed E-state index contributed by atoms with van der Waals surface area (Å²) in [7, 11) is -0.528. The van der Waals surface area contributed by atoms with Gasteiger partial charge in [-0.25, -0.2) is 8.42 Å². The Morgan fingerprint density at radius 3 is 2.44 bits per heavy atom. The van der Waals surface area contributed by atoms with Gasteiger partial charge in [-0.05, 0) is 43.0 Å². The largest absolute Gasteiger partial charge is 0.493 e. The van der Waals surface area contributed by atoms with Gasteiger partial charge in [0.1, 0.15) is 0 Å². The zero-order valence-corrected chi connectivity index (χ0v) is 22.7. The van der Waals surface area contributed by atoms with Gasteiger partial charge in [0.25, 0.3) is 5.91 Å². The van der Waals surface area contributed by atoms with Crippen molar-refractivity contribution in [3.8, 4) is 11.5 Å². The van der Waals surface area contributed by atoms with Crippen molar-refractivity contribution in [3.05, 3.63) is 47.5 Å². The Hall–Kier alpha value is -2.27. The van der Waals surface area contributed by atoms with E-state index in [1.165, 1.54) is 16.1 Å². The van der Waals surface area contributed by atoms with Crippen LogP contribution in [0.4, 0.5) is 0 Å². The van der Waals surface area contributed by atoms with Crippen LogP contribution in [0.3, 0.4) is 0 Å². The molecule has 0 atom stereocenters. The SMILES string of the molecule is COc1cccc(CSc2ccc(S(=O)(=O)N3CCOCC3)cc2C(=O)N2CCC(C)CC2)c1OC. The molecule has 2 aliphatic rings. The van der Waals surface area contributed by atoms with E-state index in [0.29, 0.717) is 68.1 Å². The molecule has 0 bridgehead atoms. The molecule has 2 aromatic carbocycles. The van der Waals surface area contributed by atoms with Crippen molar-refractivity contribution in [2.45, 2.75) is 35.3 Å². The van der Waals surface area contributed by atoms with Gasteiger partial charge in [-0.1, -0.05) is 19.1 Å². The van der Waals surface area contributed by atoms with Gasteiger partial charge < -0.3 is 19.1 Å². The lowest BCUT2D eigenvalue weighted by Crippen LogP contribution is -2.41. The maximum atomic E-state index is 13.7. The predicted octanol–water partition coefficient (Wildman–Crippen LogP) is 3.89. The Bertz CT molecular complexity index is 1170. The monoisotopic (exact) mass is 534 g/mol. The van der Waals surface area contributed by atoms with Crippen molar-refractivity contribution in [3.63, 3.8) is 0 Å². The molecule has 36 heavy (non-hydrogen) atoms. The van der Waals surface area contributed by atoms with Crippen LogP contribution in [0, 0.1) is 5.92 Å². The zero-order valence-electron chi connectivity index (χ0n) is 21.1. The predicted molar refractivity (Wildman–Crippen MR) is 139 cm³/mol. The smallest absolute Gasteiger partial charge is 0.255 e. The molecule has 0 aliphatic carbocycles. The third kappa shape index (κ3) is 5.82. The highest BCUT2D eigenvalue weighted by molar-refractivity contribution is 7.98. The van der Waals surface area contributed by atoms with Crippen LogP contribution in [-0.4, -0.2) is 77.1 Å². The molecule has 0 saturated carbocycles. The number of para-hydroxylation sites is 1. The number of thioether (sulfide) groups is 1. The number of sulfonamides is 1. The Balaban J connectivity index is 1.66. The maximum absolute atomic E-state index is 13.7. The summed E-state index contributed by atoms with van der Waals surface area (Å²) in [6.45, 7) is 4.90. The van der Waals surface area contributed by atoms with E-state index in [1.54, 1.807) is 32.4 Å². The molecule has 2 saturated heterocycles. The summed E-state index contributed by atoms with van der Waals surface area (Å²) in [6, 6.07) is 10.6. The Kier molecular flexibility index (Phi) is 8.82. The molecule has 1 amide bonds. The van der Waals surface area contributed by atoms with E-state index in [4.69, 9.17) is 14.2 Å². The van der Waals surface area contributed by atoms with Crippen molar-refractivity contribution in [1.29, 1.82) is 0 Å². The highest BCUT2D eigenvalue weighted by Gasteiger charge is 2.30. The molecule has 10 heteroatoms. The lowest BCUT2D eigenvalue weighted by Gasteiger charge is -2.31. The minimum absolute atomic E-state index is 0.124. The Morgan fingerprint density at radius 2 is 1.78 bits per heavy atom. The third-order valence-corrected chi connectivity index (χ3v) is 9.74. The van der Waals surface area contributed by atoms with E-state index >= 15 is 0 Å².